The van der Waals surface area contributed by atoms with Crippen LogP contribution in [0.25, 0.3) is 11.0 Å². The Balaban J connectivity index is 2.44. The average Bonchev–Trinajstić information content (AvgIpc) is 2.45. The van der Waals surface area contributed by atoms with Crippen LogP contribution in [0.3, 0.4) is 0 Å². The molecule has 0 saturated carbocycles. The van der Waals surface area contributed by atoms with Crippen molar-refractivity contribution in [3.8, 4) is 5.88 Å². The van der Waals surface area contributed by atoms with Crippen LogP contribution in [0.15, 0.2) is 24.4 Å². The molecule has 0 aliphatic carbocycles. The molecule has 1 unspecified atom stereocenters. The Morgan fingerprint density at radius 1 is 1.37 bits per heavy atom. The summed E-state index contributed by atoms with van der Waals surface area (Å²) in [6.07, 6.45) is 0.443. The minimum atomic E-state index is -0.988. The van der Waals surface area contributed by atoms with Crippen LogP contribution >= 0.6 is 0 Å². The van der Waals surface area contributed by atoms with Crippen molar-refractivity contribution in [1.82, 2.24) is 9.97 Å². The molecule has 19 heavy (non-hydrogen) atoms. The average molecular weight is 262 g/mol. The molecule has 0 fully saturated rings. The third kappa shape index (κ3) is 2.79. The Morgan fingerprint density at radius 3 is 2.84 bits per heavy atom. The van der Waals surface area contributed by atoms with Crippen LogP contribution < -0.4 is 4.74 Å². The van der Waals surface area contributed by atoms with Crippen molar-refractivity contribution in [1.29, 1.82) is 0 Å². The summed E-state index contributed by atoms with van der Waals surface area (Å²) in [7, 11) is 2.79. The van der Waals surface area contributed by atoms with Gasteiger partial charge in [-0.1, -0.05) is 0 Å². The highest BCUT2D eigenvalue weighted by Crippen LogP contribution is 2.25. The van der Waals surface area contributed by atoms with Crippen LogP contribution in [0.1, 0.15) is 18.1 Å². The van der Waals surface area contributed by atoms with Crippen LogP contribution in [0.2, 0.25) is 0 Å². The van der Waals surface area contributed by atoms with Gasteiger partial charge in [-0.25, -0.2) is 4.98 Å². The molecule has 0 saturated heterocycles. The minimum absolute atomic E-state index is 0.130. The third-order valence-corrected chi connectivity index (χ3v) is 2.75. The van der Waals surface area contributed by atoms with E-state index in [1.54, 1.807) is 24.4 Å². The maximum atomic E-state index is 11.2. The SMILES string of the molecule is COC(=O)CC(O)c1ccnc2ccc(OC)nc12. The van der Waals surface area contributed by atoms with Crippen molar-refractivity contribution in [2.45, 2.75) is 12.5 Å². The van der Waals surface area contributed by atoms with E-state index in [0.717, 1.165) is 0 Å². The number of aromatic nitrogens is 2. The van der Waals surface area contributed by atoms with Gasteiger partial charge < -0.3 is 14.6 Å². The number of carbonyl (C=O) groups is 1. The van der Waals surface area contributed by atoms with Gasteiger partial charge in [-0.05, 0) is 12.1 Å². The second-order valence-corrected chi connectivity index (χ2v) is 3.92. The predicted molar refractivity (Wildman–Crippen MR) is 67.7 cm³/mol. The van der Waals surface area contributed by atoms with Crippen LogP contribution in [-0.4, -0.2) is 35.3 Å². The molecule has 1 atom stereocenters. The van der Waals surface area contributed by atoms with Crippen molar-refractivity contribution < 1.29 is 19.4 Å². The Morgan fingerprint density at radius 2 is 2.16 bits per heavy atom. The molecule has 0 spiro atoms. The second-order valence-electron chi connectivity index (χ2n) is 3.92. The quantitative estimate of drug-likeness (QED) is 0.835. The fourth-order valence-electron chi connectivity index (χ4n) is 1.76. The Bertz CT molecular complexity index is 600. The lowest BCUT2D eigenvalue weighted by Gasteiger charge is -2.12. The Labute approximate surface area is 110 Å². The maximum Gasteiger partial charge on any atom is 0.308 e. The van der Waals surface area contributed by atoms with Gasteiger partial charge >= 0.3 is 5.97 Å². The van der Waals surface area contributed by atoms with E-state index in [9.17, 15) is 9.90 Å². The first kappa shape index (κ1) is 13.2. The van der Waals surface area contributed by atoms with E-state index >= 15 is 0 Å². The third-order valence-electron chi connectivity index (χ3n) is 2.75. The van der Waals surface area contributed by atoms with Gasteiger partial charge in [-0.2, -0.15) is 0 Å². The predicted octanol–water partition coefficient (Wildman–Crippen LogP) is 1.23. The van der Waals surface area contributed by atoms with Gasteiger partial charge in [0.15, 0.2) is 0 Å². The molecule has 100 valence electrons. The summed E-state index contributed by atoms with van der Waals surface area (Å²) in [5.41, 5.74) is 1.66. The lowest BCUT2D eigenvalue weighted by atomic mass is 10.1. The zero-order chi connectivity index (χ0) is 13.8. The minimum Gasteiger partial charge on any atom is -0.481 e. The van der Waals surface area contributed by atoms with Crippen LogP contribution in [0.5, 0.6) is 5.88 Å². The lowest BCUT2D eigenvalue weighted by Crippen LogP contribution is -2.09. The Kier molecular flexibility index (Phi) is 3.91. The number of hydrogen-bond donors (Lipinski definition) is 1. The van der Waals surface area contributed by atoms with Gasteiger partial charge in [0.25, 0.3) is 0 Å². The van der Waals surface area contributed by atoms with E-state index in [0.29, 0.717) is 22.5 Å². The lowest BCUT2D eigenvalue weighted by molar-refractivity contribution is -0.142. The smallest absolute Gasteiger partial charge is 0.308 e. The number of aliphatic hydroxyl groups excluding tert-OH is 1. The van der Waals surface area contributed by atoms with E-state index in [1.807, 2.05) is 0 Å². The molecule has 0 aliphatic rings. The van der Waals surface area contributed by atoms with E-state index < -0.39 is 12.1 Å². The highest BCUT2D eigenvalue weighted by Gasteiger charge is 2.17. The first-order valence-electron chi connectivity index (χ1n) is 5.70. The van der Waals surface area contributed by atoms with Crippen LogP contribution in [0, 0.1) is 0 Å². The zero-order valence-electron chi connectivity index (χ0n) is 10.7. The highest BCUT2D eigenvalue weighted by molar-refractivity contribution is 5.79. The van der Waals surface area contributed by atoms with Crippen molar-refractivity contribution in [3.63, 3.8) is 0 Å². The summed E-state index contributed by atoms with van der Waals surface area (Å²) >= 11 is 0. The molecule has 0 radical (unpaired) electrons. The summed E-state index contributed by atoms with van der Waals surface area (Å²) in [5.74, 6) is -0.0626. The molecule has 1 N–H and O–H groups in total. The summed E-state index contributed by atoms with van der Waals surface area (Å²) in [5, 5.41) is 10.1. The van der Waals surface area contributed by atoms with E-state index in [4.69, 9.17) is 4.74 Å². The molecule has 0 aliphatic heterocycles. The molecule has 2 heterocycles. The van der Waals surface area contributed by atoms with Crippen LogP contribution in [0.4, 0.5) is 0 Å². The topological polar surface area (TPSA) is 81.5 Å². The molecule has 0 aromatic carbocycles. The van der Waals surface area contributed by atoms with Gasteiger partial charge in [0.2, 0.25) is 5.88 Å². The summed E-state index contributed by atoms with van der Waals surface area (Å²) < 4.78 is 9.59. The number of carbonyl (C=O) groups excluding carboxylic acids is 1. The normalized spacial score (nSPS) is 12.2. The second kappa shape index (κ2) is 5.62. The summed E-state index contributed by atoms with van der Waals surface area (Å²) in [6, 6.07) is 5.06. The van der Waals surface area contributed by atoms with Gasteiger partial charge in [-0.3, -0.25) is 9.78 Å². The maximum absolute atomic E-state index is 11.2. The number of hydrogen-bond acceptors (Lipinski definition) is 6. The molecule has 6 nitrogen and oxygen atoms in total. The number of pyridine rings is 2. The van der Waals surface area contributed by atoms with Crippen molar-refractivity contribution in [2.75, 3.05) is 14.2 Å². The molecule has 2 rings (SSSR count). The summed E-state index contributed by atoms with van der Waals surface area (Å²) in [4.78, 5) is 19.6. The molecule has 2 aromatic heterocycles. The van der Waals surface area contributed by atoms with Gasteiger partial charge in [0.05, 0.1) is 37.8 Å². The fraction of sp³-hybridized carbons (Fsp3) is 0.308. The van der Waals surface area contributed by atoms with Crippen molar-refractivity contribution >= 4 is 17.0 Å². The number of rotatable bonds is 4. The number of fused-ring (bicyclic) bond motifs is 1. The molecular weight excluding hydrogens is 248 g/mol. The van der Waals surface area contributed by atoms with E-state index in [-0.39, 0.29) is 6.42 Å². The fourth-order valence-corrected chi connectivity index (χ4v) is 1.76. The largest absolute Gasteiger partial charge is 0.481 e. The zero-order valence-corrected chi connectivity index (χ0v) is 10.7. The molecular formula is C13H14N2O4. The van der Waals surface area contributed by atoms with E-state index in [1.165, 1.54) is 14.2 Å². The van der Waals surface area contributed by atoms with Gasteiger partial charge in [-0.15, -0.1) is 0 Å². The number of esters is 1. The summed E-state index contributed by atoms with van der Waals surface area (Å²) in [6.45, 7) is 0. The molecule has 6 heteroatoms. The monoisotopic (exact) mass is 262 g/mol. The Hall–Kier alpha value is -2.21. The molecule has 0 amide bonds. The number of methoxy groups -OCH3 is 2. The standard InChI is InChI=1S/C13H14N2O4/c1-18-11-4-3-9-13(15-11)8(5-6-14-9)10(16)7-12(17)19-2/h3-6,10,16H,7H2,1-2H3. The molecule has 2 aromatic rings. The number of aliphatic hydroxyl groups is 1. The first-order valence-corrected chi connectivity index (χ1v) is 5.70. The number of ether oxygens (including phenoxy) is 2. The van der Waals surface area contributed by atoms with Crippen molar-refractivity contribution in [3.05, 3.63) is 30.0 Å². The number of nitrogens with zero attached hydrogens (tertiary/aromatic N) is 2. The van der Waals surface area contributed by atoms with Crippen LogP contribution in [-0.2, 0) is 9.53 Å². The van der Waals surface area contributed by atoms with Gasteiger partial charge in [0, 0.05) is 17.8 Å². The first-order chi connectivity index (χ1) is 9.15. The van der Waals surface area contributed by atoms with E-state index in [2.05, 4.69) is 14.7 Å². The molecule has 0 bridgehead atoms. The van der Waals surface area contributed by atoms with Gasteiger partial charge in [0.1, 0.15) is 0 Å². The van der Waals surface area contributed by atoms with Crippen molar-refractivity contribution in [2.24, 2.45) is 0 Å². The highest BCUT2D eigenvalue weighted by atomic mass is 16.5.